The van der Waals surface area contributed by atoms with Crippen LogP contribution in [0.15, 0.2) is 53.6 Å². The number of amides is 1. The Balaban J connectivity index is 1.68. The van der Waals surface area contributed by atoms with Gasteiger partial charge in [0.2, 0.25) is 5.91 Å². The van der Waals surface area contributed by atoms with E-state index < -0.39 is 0 Å². The number of hydrogen-bond acceptors (Lipinski definition) is 5. The lowest BCUT2D eigenvalue weighted by Gasteiger charge is -2.10. The highest BCUT2D eigenvalue weighted by Gasteiger charge is 2.22. The monoisotopic (exact) mass is 498 g/mol. The van der Waals surface area contributed by atoms with Gasteiger partial charge in [-0.1, -0.05) is 18.5 Å². The Morgan fingerprint density at radius 2 is 1.85 bits per heavy atom. The Labute approximate surface area is 206 Å². The number of rotatable bonds is 10. The third-order valence-electron chi connectivity index (χ3n) is 5.27. The second kappa shape index (κ2) is 10.9. The van der Waals surface area contributed by atoms with Crippen LogP contribution in [0.1, 0.15) is 25.5 Å². The number of halogens is 1. The molecule has 10 heteroatoms. The minimum Gasteiger partial charge on any atom is -0.354 e. The van der Waals surface area contributed by atoms with Gasteiger partial charge in [-0.25, -0.2) is 9.36 Å². The van der Waals surface area contributed by atoms with Gasteiger partial charge in [0, 0.05) is 24.0 Å². The molecule has 0 saturated carbocycles. The van der Waals surface area contributed by atoms with Crippen LogP contribution in [0, 0.1) is 6.92 Å². The summed E-state index contributed by atoms with van der Waals surface area (Å²) in [7, 11) is 0. The van der Waals surface area contributed by atoms with Crippen molar-refractivity contribution in [2.45, 2.75) is 33.2 Å². The zero-order valence-electron chi connectivity index (χ0n) is 19.2. The number of carbonyl (C=O) groups excluding carboxylic acids is 1. The van der Waals surface area contributed by atoms with Crippen LogP contribution in [0.4, 0.5) is 0 Å². The topological polar surface area (TPSA) is 86.7 Å². The smallest absolute Gasteiger partial charge is 0.280 e. The highest BCUT2D eigenvalue weighted by Crippen LogP contribution is 2.25. The molecule has 34 heavy (non-hydrogen) atoms. The molecule has 0 bridgehead atoms. The predicted molar refractivity (Wildman–Crippen MR) is 137 cm³/mol. The molecule has 1 aromatic carbocycles. The molecule has 4 aromatic rings. The number of carbonyl (C=O) groups is 1. The molecular weight excluding hydrogens is 472 g/mol. The Bertz CT molecular complexity index is 1330. The minimum atomic E-state index is -0.363. The maximum Gasteiger partial charge on any atom is 0.280 e. The van der Waals surface area contributed by atoms with Gasteiger partial charge in [-0.3, -0.25) is 9.59 Å². The van der Waals surface area contributed by atoms with Gasteiger partial charge in [0.1, 0.15) is 17.4 Å². The number of aromatic nitrogens is 5. The van der Waals surface area contributed by atoms with Crippen LogP contribution in [0.5, 0.6) is 0 Å². The Morgan fingerprint density at radius 3 is 2.56 bits per heavy atom. The average Bonchev–Trinajstić information content (AvgIpc) is 3.48. The summed E-state index contributed by atoms with van der Waals surface area (Å²) in [5.74, 6) is 2.47. The zero-order chi connectivity index (χ0) is 24.1. The summed E-state index contributed by atoms with van der Waals surface area (Å²) in [6.07, 6.45) is 5.74. The predicted octanol–water partition coefficient (Wildman–Crippen LogP) is 3.98. The molecule has 0 saturated heterocycles. The van der Waals surface area contributed by atoms with E-state index in [1.54, 1.807) is 23.7 Å². The molecule has 0 radical (unpaired) electrons. The Hall–Kier alpha value is -3.04. The lowest BCUT2D eigenvalue weighted by molar-refractivity contribution is -0.121. The molecule has 8 nitrogen and oxygen atoms in total. The first kappa shape index (κ1) is 24.1. The van der Waals surface area contributed by atoms with Crippen LogP contribution >= 0.6 is 23.4 Å². The van der Waals surface area contributed by atoms with E-state index in [0.29, 0.717) is 34.0 Å². The van der Waals surface area contributed by atoms with Crippen LogP contribution < -0.4 is 10.9 Å². The maximum atomic E-state index is 13.5. The molecule has 1 amide bonds. The summed E-state index contributed by atoms with van der Waals surface area (Å²) in [4.78, 5) is 26.0. The number of hydrogen-bond donors (Lipinski definition) is 1. The second-order valence-corrected chi connectivity index (χ2v) is 9.55. The number of aryl methyl sites for hydroxylation is 1. The van der Waals surface area contributed by atoms with Crippen LogP contribution in [0.2, 0.25) is 5.02 Å². The summed E-state index contributed by atoms with van der Waals surface area (Å²) in [6.45, 7) is 4.38. The van der Waals surface area contributed by atoms with E-state index in [0.717, 1.165) is 30.0 Å². The number of fused-ring (bicyclic) bond motifs is 1. The molecule has 0 unspecified atom stereocenters. The Morgan fingerprint density at radius 1 is 1.12 bits per heavy atom. The third-order valence-corrected chi connectivity index (χ3v) is 6.80. The van der Waals surface area contributed by atoms with E-state index >= 15 is 0 Å². The maximum absolute atomic E-state index is 13.5. The van der Waals surface area contributed by atoms with Gasteiger partial charge in [0.25, 0.3) is 5.56 Å². The highest BCUT2D eigenvalue weighted by atomic mass is 35.5. The lowest BCUT2D eigenvalue weighted by atomic mass is 10.2. The van der Waals surface area contributed by atoms with Crippen molar-refractivity contribution in [3.05, 3.63) is 69.9 Å². The van der Waals surface area contributed by atoms with Crippen molar-refractivity contribution in [3.8, 4) is 11.5 Å². The third kappa shape index (κ3) is 5.20. The van der Waals surface area contributed by atoms with E-state index in [4.69, 9.17) is 16.7 Å². The van der Waals surface area contributed by atoms with Crippen molar-refractivity contribution in [1.82, 2.24) is 29.4 Å². The number of benzene rings is 1. The zero-order valence-corrected chi connectivity index (χ0v) is 20.8. The van der Waals surface area contributed by atoms with E-state index in [2.05, 4.69) is 17.3 Å². The van der Waals surface area contributed by atoms with E-state index in [1.807, 2.05) is 53.0 Å². The van der Waals surface area contributed by atoms with Crippen molar-refractivity contribution in [2.24, 2.45) is 0 Å². The van der Waals surface area contributed by atoms with Crippen LogP contribution in [-0.2, 0) is 11.3 Å². The molecule has 0 fully saturated rings. The molecule has 0 atom stereocenters. The van der Waals surface area contributed by atoms with Crippen LogP contribution in [0.3, 0.4) is 0 Å². The standard InChI is InChI=1S/C24H27ClN6O2S/c1-3-14-34-15-6-11-26-20(32)16-30-24(33)21-22(17(2)27-30)28-31(19-9-7-18(25)8-10-19)23(21)29-12-4-5-13-29/h4-5,7-10,12-13H,3,6,11,14-16H2,1-2H3,(H,26,32). The largest absolute Gasteiger partial charge is 0.354 e. The number of thioether (sulfide) groups is 1. The molecule has 3 aromatic heterocycles. The van der Waals surface area contributed by atoms with Crippen molar-refractivity contribution in [2.75, 3.05) is 18.1 Å². The fraction of sp³-hybridized carbons (Fsp3) is 0.333. The van der Waals surface area contributed by atoms with Gasteiger partial charge in [0.05, 0.1) is 11.4 Å². The molecule has 0 aliphatic rings. The van der Waals surface area contributed by atoms with E-state index in [-0.39, 0.29) is 18.0 Å². The minimum absolute atomic E-state index is 0.144. The first-order valence-electron chi connectivity index (χ1n) is 11.2. The summed E-state index contributed by atoms with van der Waals surface area (Å²) < 4.78 is 4.76. The average molecular weight is 499 g/mol. The normalized spacial score (nSPS) is 11.3. The van der Waals surface area contributed by atoms with E-state index in [1.165, 1.54) is 4.68 Å². The number of nitrogens with zero attached hydrogens (tertiary/aromatic N) is 5. The number of nitrogens with one attached hydrogen (secondary N) is 1. The molecule has 1 N–H and O–H groups in total. The summed E-state index contributed by atoms with van der Waals surface area (Å²) in [6, 6.07) is 11.0. The second-order valence-electron chi connectivity index (χ2n) is 7.89. The fourth-order valence-electron chi connectivity index (χ4n) is 3.69. The molecule has 0 aliphatic carbocycles. The SMILES string of the molecule is CCCSCCCNC(=O)Cn1nc(C)c2nn(-c3ccc(Cl)cc3)c(-n3cccc3)c2c1=O. The van der Waals surface area contributed by atoms with Crippen LogP contribution in [0.25, 0.3) is 22.4 Å². The van der Waals surface area contributed by atoms with Crippen molar-refractivity contribution in [1.29, 1.82) is 0 Å². The van der Waals surface area contributed by atoms with Crippen LogP contribution in [-0.4, -0.2) is 48.1 Å². The molecular formula is C24H27ClN6O2S. The van der Waals surface area contributed by atoms with Gasteiger partial charge < -0.3 is 9.88 Å². The lowest BCUT2D eigenvalue weighted by Crippen LogP contribution is -2.34. The summed E-state index contributed by atoms with van der Waals surface area (Å²) in [5, 5.41) is 13.0. The van der Waals surface area contributed by atoms with Crippen molar-refractivity contribution >= 4 is 40.2 Å². The van der Waals surface area contributed by atoms with Gasteiger partial charge in [-0.05, 0) is 67.7 Å². The highest BCUT2D eigenvalue weighted by molar-refractivity contribution is 7.99. The van der Waals surface area contributed by atoms with Crippen molar-refractivity contribution < 1.29 is 4.79 Å². The van der Waals surface area contributed by atoms with Gasteiger partial charge in [-0.15, -0.1) is 0 Å². The molecule has 178 valence electrons. The summed E-state index contributed by atoms with van der Waals surface area (Å²) >= 11 is 7.95. The van der Waals surface area contributed by atoms with Gasteiger partial charge >= 0.3 is 0 Å². The van der Waals surface area contributed by atoms with Gasteiger partial charge in [0.15, 0.2) is 5.82 Å². The molecule has 4 rings (SSSR count). The van der Waals surface area contributed by atoms with Crippen molar-refractivity contribution in [3.63, 3.8) is 0 Å². The quantitative estimate of drug-likeness (QED) is 0.334. The first-order chi connectivity index (χ1) is 16.5. The first-order valence-corrected chi connectivity index (χ1v) is 12.8. The fourth-order valence-corrected chi connectivity index (χ4v) is 4.65. The summed E-state index contributed by atoms with van der Waals surface area (Å²) in [5.41, 5.74) is 1.46. The van der Waals surface area contributed by atoms with Gasteiger partial charge in [-0.2, -0.15) is 22.0 Å². The molecule has 0 aliphatic heterocycles. The molecule has 0 spiro atoms. The van der Waals surface area contributed by atoms with E-state index in [9.17, 15) is 9.59 Å². The molecule has 3 heterocycles. The Kier molecular flexibility index (Phi) is 7.74.